The highest BCUT2D eigenvalue weighted by Crippen LogP contribution is 2.45. The molecular formula is C19H17FN4O2. The first-order valence-electron chi connectivity index (χ1n) is 8.09. The predicted molar refractivity (Wildman–Crippen MR) is 93.5 cm³/mol. The topological polar surface area (TPSA) is 108 Å². The molecule has 2 amide bonds. The van der Waals surface area contributed by atoms with Gasteiger partial charge < -0.3 is 16.4 Å². The Morgan fingerprint density at radius 3 is 2.46 bits per heavy atom. The molecule has 0 heterocycles. The van der Waals surface area contributed by atoms with E-state index in [1.54, 1.807) is 30.3 Å². The Kier molecular flexibility index (Phi) is 4.59. The van der Waals surface area contributed by atoms with Crippen LogP contribution in [0.3, 0.4) is 0 Å². The van der Waals surface area contributed by atoms with E-state index in [0.717, 1.165) is 5.56 Å². The summed E-state index contributed by atoms with van der Waals surface area (Å²) in [6.07, 6.45) is 0.984. The maximum atomic E-state index is 13.6. The van der Waals surface area contributed by atoms with Crippen LogP contribution < -0.4 is 16.4 Å². The molecule has 0 spiro atoms. The first kappa shape index (κ1) is 17.4. The van der Waals surface area contributed by atoms with Gasteiger partial charge in [-0.2, -0.15) is 5.26 Å². The largest absolute Gasteiger partial charge is 0.369 e. The van der Waals surface area contributed by atoms with Crippen molar-refractivity contribution >= 4 is 23.2 Å². The van der Waals surface area contributed by atoms with Crippen LogP contribution in [-0.2, 0) is 16.1 Å². The fourth-order valence-electron chi connectivity index (χ4n) is 2.67. The smallest absolute Gasteiger partial charge is 0.235 e. The summed E-state index contributed by atoms with van der Waals surface area (Å²) in [4.78, 5) is 23.4. The van der Waals surface area contributed by atoms with E-state index >= 15 is 0 Å². The van der Waals surface area contributed by atoms with E-state index in [-0.39, 0.29) is 18.0 Å². The monoisotopic (exact) mass is 352 g/mol. The summed E-state index contributed by atoms with van der Waals surface area (Å²) in [5.41, 5.74) is 6.08. The molecule has 0 aromatic heterocycles. The summed E-state index contributed by atoms with van der Waals surface area (Å²) in [6.45, 7) is 0.275. The van der Waals surface area contributed by atoms with Gasteiger partial charge in [-0.1, -0.05) is 18.2 Å². The van der Waals surface area contributed by atoms with Crippen molar-refractivity contribution in [3.8, 4) is 6.07 Å². The van der Waals surface area contributed by atoms with E-state index in [1.807, 2.05) is 6.07 Å². The number of nitriles is 1. The number of nitrogens with zero attached hydrogens (tertiary/aromatic N) is 1. The molecule has 0 aliphatic heterocycles. The molecule has 1 aliphatic rings. The number of hydrogen-bond acceptors (Lipinski definition) is 4. The van der Waals surface area contributed by atoms with E-state index in [2.05, 4.69) is 10.6 Å². The van der Waals surface area contributed by atoms with Crippen LogP contribution in [0, 0.1) is 22.6 Å². The highest BCUT2D eigenvalue weighted by Gasteiger charge is 2.55. The van der Waals surface area contributed by atoms with Gasteiger partial charge in [-0.15, -0.1) is 0 Å². The first-order chi connectivity index (χ1) is 12.5. The summed E-state index contributed by atoms with van der Waals surface area (Å²) in [5, 5.41) is 14.8. The number of hydrogen-bond donors (Lipinski definition) is 3. The summed E-state index contributed by atoms with van der Waals surface area (Å²) >= 11 is 0. The minimum atomic E-state index is -1.04. The van der Waals surface area contributed by atoms with Gasteiger partial charge >= 0.3 is 0 Å². The normalized spacial score (nSPS) is 14.2. The standard InChI is InChI=1S/C19H17FN4O2/c20-15-2-1-3-16(14(15)10-21)24-13-6-4-12(5-7-13)11-23-18(26)19(8-9-19)17(22)25/h1-7,24H,8-9,11H2,(H2,22,25)(H,23,26). The molecule has 0 saturated heterocycles. The molecular weight excluding hydrogens is 335 g/mol. The number of nitrogens with two attached hydrogens (primary N) is 1. The number of carbonyl (C=O) groups is 2. The minimum absolute atomic E-state index is 0.0509. The van der Waals surface area contributed by atoms with Crippen LogP contribution >= 0.6 is 0 Å². The van der Waals surface area contributed by atoms with Crippen molar-refractivity contribution in [3.63, 3.8) is 0 Å². The third-order valence-electron chi connectivity index (χ3n) is 4.47. The lowest BCUT2D eigenvalue weighted by atomic mass is 10.1. The molecule has 0 unspecified atom stereocenters. The highest BCUT2D eigenvalue weighted by atomic mass is 19.1. The van der Waals surface area contributed by atoms with Crippen molar-refractivity contribution in [1.82, 2.24) is 5.32 Å². The predicted octanol–water partition coefficient (Wildman–Crippen LogP) is 2.32. The zero-order valence-electron chi connectivity index (χ0n) is 13.9. The lowest BCUT2D eigenvalue weighted by Gasteiger charge is -2.12. The molecule has 2 aromatic carbocycles. The summed E-state index contributed by atoms with van der Waals surface area (Å²) in [5.74, 6) is -1.51. The Morgan fingerprint density at radius 2 is 1.88 bits per heavy atom. The van der Waals surface area contributed by atoms with Crippen LogP contribution in [-0.4, -0.2) is 11.8 Å². The second-order valence-electron chi connectivity index (χ2n) is 6.23. The van der Waals surface area contributed by atoms with Gasteiger partial charge in [-0.3, -0.25) is 9.59 Å². The number of primary amides is 1. The van der Waals surface area contributed by atoms with Crippen LogP contribution in [0.15, 0.2) is 42.5 Å². The zero-order valence-corrected chi connectivity index (χ0v) is 13.9. The highest BCUT2D eigenvalue weighted by molar-refractivity contribution is 6.07. The number of benzene rings is 2. The van der Waals surface area contributed by atoms with Crippen LogP contribution in [0.1, 0.15) is 24.0 Å². The van der Waals surface area contributed by atoms with Gasteiger partial charge in [0.2, 0.25) is 11.8 Å². The molecule has 1 saturated carbocycles. The molecule has 1 fully saturated rings. The van der Waals surface area contributed by atoms with Crippen molar-refractivity contribution in [2.45, 2.75) is 19.4 Å². The lowest BCUT2D eigenvalue weighted by molar-refractivity contribution is -0.135. The van der Waals surface area contributed by atoms with Crippen molar-refractivity contribution in [3.05, 3.63) is 59.4 Å². The maximum Gasteiger partial charge on any atom is 0.235 e. The lowest BCUT2D eigenvalue weighted by Crippen LogP contribution is -2.40. The van der Waals surface area contributed by atoms with Crippen LogP contribution in [0.25, 0.3) is 0 Å². The molecule has 0 bridgehead atoms. The molecule has 7 heteroatoms. The minimum Gasteiger partial charge on any atom is -0.369 e. The summed E-state index contributed by atoms with van der Waals surface area (Å²) in [6, 6.07) is 13.3. The number of nitrogens with one attached hydrogen (secondary N) is 2. The molecule has 0 radical (unpaired) electrons. The summed E-state index contributed by atoms with van der Waals surface area (Å²) < 4.78 is 13.6. The first-order valence-corrected chi connectivity index (χ1v) is 8.09. The Bertz CT molecular complexity index is 899. The Balaban J connectivity index is 1.63. The van der Waals surface area contributed by atoms with Gasteiger partial charge in [0.05, 0.1) is 5.69 Å². The van der Waals surface area contributed by atoms with Crippen molar-refractivity contribution in [2.24, 2.45) is 11.1 Å². The van der Waals surface area contributed by atoms with E-state index in [9.17, 15) is 14.0 Å². The number of carbonyl (C=O) groups excluding carboxylic acids is 2. The quantitative estimate of drug-likeness (QED) is 0.693. The SMILES string of the molecule is N#Cc1c(F)cccc1Nc1ccc(CNC(=O)C2(C(N)=O)CC2)cc1. The fourth-order valence-corrected chi connectivity index (χ4v) is 2.67. The van der Waals surface area contributed by atoms with Gasteiger partial charge in [0.1, 0.15) is 22.9 Å². The second kappa shape index (κ2) is 6.84. The maximum absolute atomic E-state index is 13.6. The molecule has 132 valence electrons. The average molecular weight is 352 g/mol. The zero-order chi connectivity index (χ0) is 18.7. The van der Waals surface area contributed by atoms with Gasteiger partial charge in [-0.05, 0) is 42.7 Å². The second-order valence-corrected chi connectivity index (χ2v) is 6.23. The van der Waals surface area contributed by atoms with E-state index in [0.29, 0.717) is 24.2 Å². The van der Waals surface area contributed by atoms with Gasteiger partial charge in [-0.25, -0.2) is 4.39 Å². The number of anilines is 2. The molecule has 1 aliphatic carbocycles. The van der Waals surface area contributed by atoms with Crippen molar-refractivity contribution in [2.75, 3.05) is 5.32 Å². The van der Waals surface area contributed by atoms with Gasteiger partial charge in [0, 0.05) is 12.2 Å². The Morgan fingerprint density at radius 1 is 1.19 bits per heavy atom. The van der Waals surface area contributed by atoms with Crippen LogP contribution in [0.2, 0.25) is 0 Å². The van der Waals surface area contributed by atoms with Crippen molar-refractivity contribution < 1.29 is 14.0 Å². The van der Waals surface area contributed by atoms with Crippen LogP contribution in [0.4, 0.5) is 15.8 Å². The van der Waals surface area contributed by atoms with Crippen LogP contribution in [0.5, 0.6) is 0 Å². The Labute approximate surface area is 149 Å². The number of rotatable bonds is 6. The van der Waals surface area contributed by atoms with E-state index in [4.69, 9.17) is 11.0 Å². The number of amides is 2. The molecule has 6 nitrogen and oxygen atoms in total. The molecule has 0 atom stereocenters. The number of halogens is 1. The van der Waals surface area contributed by atoms with Crippen molar-refractivity contribution in [1.29, 1.82) is 5.26 Å². The van der Waals surface area contributed by atoms with E-state index < -0.39 is 17.1 Å². The fraction of sp³-hybridized carbons (Fsp3) is 0.211. The molecule has 4 N–H and O–H groups in total. The molecule has 26 heavy (non-hydrogen) atoms. The van der Waals surface area contributed by atoms with Gasteiger partial charge in [0.25, 0.3) is 0 Å². The van der Waals surface area contributed by atoms with E-state index in [1.165, 1.54) is 12.1 Å². The molecule has 3 rings (SSSR count). The third kappa shape index (κ3) is 3.35. The Hall–Kier alpha value is -3.40. The average Bonchev–Trinajstić information content (AvgIpc) is 3.43. The third-order valence-corrected chi connectivity index (χ3v) is 4.47. The summed E-state index contributed by atoms with van der Waals surface area (Å²) in [7, 11) is 0. The van der Waals surface area contributed by atoms with Gasteiger partial charge in [0.15, 0.2) is 0 Å². The molecule has 2 aromatic rings.